The van der Waals surface area contributed by atoms with Gasteiger partial charge in [0.1, 0.15) is 29.7 Å². The summed E-state index contributed by atoms with van der Waals surface area (Å²) in [5, 5.41) is 10.7. The number of hydrogen-bond donors (Lipinski definition) is 1. The lowest BCUT2D eigenvalue weighted by molar-refractivity contribution is -0.146. The van der Waals surface area contributed by atoms with Gasteiger partial charge >= 0.3 is 5.97 Å². The number of aromatic nitrogens is 8. The van der Waals surface area contributed by atoms with Crippen molar-refractivity contribution in [3.8, 4) is 16.9 Å². The Labute approximate surface area is 218 Å². The number of carbonyl (C=O) groups excluding carboxylic acids is 2. The number of Topliss-reactive ketones (excluding diaryl/α,β-unsaturated/α-hetero) is 1. The zero-order valence-electron chi connectivity index (χ0n) is 20.0. The van der Waals surface area contributed by atoms with Gasteiger partial charge in [-0.25, -0.2) is 24.1 Å². The molecule has 2 N–H and O–H groups in total. The molecule has 38 heavy (non-hydrogen) atoms. The van der Waals surface area contributed by atoms with E-state index in [-0.39, 0.29) is 51.6 Å². The predicted molar refractivity (Wildman–Crippen MR) is 130 cm³/mol. The summed E-state index contributed by atoms with van der Waals surface area (Å²) in [6, 6.07) is 2.91. The van der Waals surface area contributed by atoms with Crippen LogP contribution in [0.15, 0.2) is 35.5 Å². The van der Waals surface area contributed by atoms with Crippen molar-refractivity contribution in [3.05, 3.63) is 69.1 Å². The van der Waals surface area contributed by atoms with Gasteiger partial charge in [-0.05, 0) is 35.9 Å². The van der Waals surface area contributed by atoms with E-state index in [1.165, 1.54) is 33.9 Å². The topological polar surface area (TPSA) is 174 Å². The fraction of sp³-hybridized carbons (Fsp3) is 0.261. The van der Waals surface area contributed by atoms with E-state index in [0.717, 1.165) is 6.07 Å². The third-order valence-electron chi connectivity index (χ3n) is 6.08. The van der Waals surface area contributed by atoms with Gasteiger partial charge in [-0.3, -0.25) is 14.2 Å². The zero-order chi connectivity index (χ0) is 27.1. The molecule has 5 rings (SSSR count). The van der Waals surface area contributed by atoms with Gasteiger partial charge in [-0.1, -0.05) is 18.5 Å². The quantitative estimate of drug-likeness (QED) is 0.279. The Hall–Kier alpha value is -4.59. The minimum Gasteiger partial charge on any atom is -0.456 e. The summed E-state index contributed by atoms with van der Waals surface area (Å²) >= 11 is 6.02. The first kappa shape index (κ1) is 25.1. The monoisotopic (exact) mass is 539 g/mol. The highest BCUT2D eigenvalue weighted by molar-refractivity contribution is 6.31. The fourth-order valence-electron chi connectivity index (χ4n) is 4.37. The van der Waals surface area contributed by atoms with Gasteiger partial charge in [-0.15, -0.1) is 5.10 Å². The number of nitrogen functional groups attached to an aromatic ring is 1. The van der Waals surface area contributed by atoms with Gasteiger partial charge in [0.15, 0.2) is 12.4 Å². The van der Waals surface area contributed by atoms with Gasteiger partial charge in [0.05, 0.1) is 33.9 Å². The Morgan fingerprint density at radius 2 is 2.08 bits per heavy atom. The average molecular weight is 540 g/mol. The summed E-state index contributed by atoms with van der Waals surface area (Å²) in [6.07, 6.45) is 2.68. The first-order valence-electron chi connectivity index (χ1n) is 11.3. The molecule has 0 saturated carbocycles. The second-order valence-corrected chi connectivity index (χ2v) is 9.04. The minimum absolute atomic E-state index is 0.000181. The number of nitrogens with two attached hydrogens (primary N) is 1. The fourth-order valence-corrected chi connectivity index (χ4v) is 4.52. The van der Waals surface area contributed by atoms with Gasteiger partial charge in [0, 0.05) is 12.0 Å². The van der Waals surface area contributed by atoms with Gasteiger partial charge in [0.2, 0.25) is 5.78 Å². The van der Waals surface area contributed by atoms with E-state index in [1.54, 1.807) is 13.8 Å². The molecule has 3 aromatic heterocycles. The van der Waals surface area contributed by atoms with Crippen molar-refractivity contribution in [3.63, 3.8) is 0 Å². The van der Waals surface area contributed by atoms with Gasteiger partial charge in [-0.2, -0.15) is 4.68 Å². The van der Waals surface area contributed by atoms with E-state index in [4.69, 9.17) is 22.1 Å². The molecule has 4 heterocycles. The van der Waals surface area contributed by atoms with E-state index in [0.29, 0.717) is 5.69 Å². The Morgan fingerprint density at radius 1 is 1.29 bits per heavy atom. The first-order chi connectivity index (χ1) is 18.2. The number of fused-ring (bicyclic) bond motifs is 1. The third kappa shape index (κ3) is 4.38. The van der Waals surface area contributed by atoms with Crippen molar-refractivity contribution >= 4 is 29.2 Å². The van der Waals surface area contributed by atoms with Crippen LogP contribution in [0.5, 0.6) is 0 Å². The minimum atomic E-state index is -1.02. The first-order valence-corrected chi connectivity index (χ1v) is 11.7. The molecule has 2 unspecified atom stereocenters. The highest BCUT2D eigenvalue weighted by Gasteiger charge is 2.37. The van der Waals surface area contributed by atoms with Crippen LogP contribution in [0, 0.1) is 12.7 Å². The van der Waals surface area contributed by atoms with E-state index < -0.39 is 35.8 Å². The molecule has 13 nitrogen and oxygen atoms in total. The number of hydrogen-bond acceptors (Lipinski definition) is 11. The lowest BCUT2D eigenvalue weighted by atomic mass is 10.1. The summed E-state index contributed by atoms with van der Waals surface area (Å²) in [7, 11) is 0. The largest absolute Gasteiger partial charge is 0.456 e. The normalized spacial score (nSPS) is 16.3. The molecule has 1 aliphatic rings. The maximum absolute atomic E-state index is 15.2. The Bertz CT molecular complexity index is 1640. The number of ketones is 1. The van der Waals surface area contributed by atoms with Gasteiger partial charge in [0.25, 0.3) is 5.56 Å². The van der Waals surface area contributed by atoms with Crippen molar-refractivity contribution in [1.82, 2.24) is 39.7 Å². The molecule has 194 valence electrons. The number of ether oxygens (including phenoxy) is 1. The van der Waals surface area contributed by atoms with Crippen LogP contribution in [0.25, 0.3) is 16.9 Å². The molecule has 0 aliphatic carbocycles. The molecule has 1 aliphatic heterocycles. The molecule has 0 radical (unpaired) electrons. The molecule has 15 heteroatoms. The number of esters is 1. The van der Waals surface area contributed by atoms with Crippen LogP contribution in [-0.4, -0.2) is 58.1 Å². The highest BCUT2D eigenvalue weighted by Crippen LogP contribution is 2.37. The maximum Gasteiger partial charge on any atom is 0.329 e. The second-order valence-electron chi connectivity index (χ2n) is 8.63. The average Bonchev–Trinajstić information content (AvgIpc) is 3.53. The smallest absolute Gasteiger partial charge is 0.329 e. The van der Waals surface area contributed by atoms with E-state index in [2.05, 4.69) is 30.5 Å². The van der Waals surface area contributed by atoms with Crippen LogP contribution in [0.1, 0.15) is 47.3 Å². The van der Waals surface area contributed by atoms with Crippen LogP contribution in [0.2, 0.25) is 5.02 Å². The third-order valence-corrected chi connectivity index (χ3v) is 6.37. The number of anilines is 1. The summed E-state index contributed by atoms with van der Waals surface area (Å²) in [6.45, 7) is 2.73. The number of tetrazole rings is 1. The molecule has 1 aromatic carbocycles. The molecular formula is C23H19ClFN9O4. The van der Waals surface area contributed by atoms with Crippen LogP contribution in [0.4, 0.5) is 10.2 Å². The van der Waals surface area contributed by atoms with Crippen molar-refractivity contribution in [2.45, 2.75) is 32.2 Å². The lowest BCUT2D eigenvalue weighted by Gasteiger charge is -2.15. The number of halogens is 2. The van der Waals surface area contributed by atoms with Crippen LogP contribution >= 0.6 is 11.6 Å². The number of rotatable bonds is 6. The molecule has 4 aromatic rings. The van der Waals surface area contributed by atoms with E-state index in [9.17, 15) is 14.4 Å². The number of nitrogens with zero attached hydrogens (tertiary/aromatic N) is 8. The molecule has 0 spiro atoms. The lowest BCUT2D eigenvalue weighted by Crippen LogP contribution is -2.30. The van der Waals surface area contributed by atoms with Crippen molar-refractivity contribution in [1.29, 1.82) is 0 Å². The molecule has 0 saturated heterocycles. The second kappa shape index (κ2) is 9.70. The molecular weight excluding hydrogens is 521 g/mol. The standard InChI is InChI=1S/C23H19ClFN9O4/c1-10-5-15(23(37)38-8-16(35)21-11(2)29-17(26)7-27-21)34-18(36)6-13(30-22(10)34)19-14(33-9-28-31-32-33)4-3-12(24)20(19)25/h3-4,6-7,9-10,15H,5,8H2,1-2H3,(H2,26,29). The summed E-state index contributed by atoms with van der Waals surface area (Å²) < 4.78 is 22.8. The Balaban J connectivity index is 1.45. The molecule has 0 amide bonds. The number of carbonyl (C=O) groups is 2. The number of aryl methyl sites for hydroxylation is 1. The van der Waals surface area contributed by atoms with Crippen molar-refractivity contribution < 1.29 is 18.7 Å². The maximum atomic E-state index is 15.2. The highest BCUT2D eigenvalue weighted by atomic mass is 35.5. The Morgan fingerprint density at radius 3 is 2.79 bits per heavy atom. The molecule has 2 atom stereocenters. The zero-order valence-corrected chi connectivity index (χ0v) is 20.8. The Kier molecular flexibility index (Phi) is 6.40. The van der Waals surface area contributed by atoms with Crippen molar-refractivity contribution in [2.24, 2.45) is 0 Å². The van der Waals surface area contributed by atoms with Crippen LogP contribution in [0.3, 0.4) is 0 Å². The predicted octanol–water partition coefficient (Wildman–Crippen LogP) is 1.83. The molecule has 0 bridgehead atoms. The van der Waals surface area contributed by atoms with Gasteiger partial charge < -0.3 is 10.5 Å². The molecule has 0 fully saturated rings. The summed E-state index contributed by atoms with van der Waals surface area (Å²) in [5.41, 5.74) is 5.42. The van der Waals surface area contributed by atoms with Crippen molar-refractivity contribution in [2.75, 3.05) is 12.3 Å². The summed E-state index contributed by atoms with van der Waals surface area (Å²) in [4.78, 5) is 51.1. The summed E-state index contributed by atoms with van der Waals surface area (Å²) in [5.74, 6) is -2.12. The SMILES string of the molecule is Cc1nc(N)cnc1C(=O)COC(=O)C1CC(C)c2nc(-c3c(-n4cnnn4)ccc(Cl)c3F)cc(=O)n21. The number of benzene rings is 1. The van der Waals surface area contributed by atoms with Crippen LogP contribution < -0.4 is 11.3 Å². The van der Waals surface area contributed by atoms with E-state index in [1.807, 2.05) is 0 Å². The van der Waals surface area contributed by atoms with Crippen LogP contribution in [-0.2, 0) is 9.53 Å². The van der Waals surface area contributed by atoms with E-state index >= 15 is 4.39 Å².